The first-order valence-corrected chi connectivity index (χ1v) is 15.7. The number of nitrogens with zero attached hydrogens (tertiary/aromatic N) is 1. The van der Waals surface area contributed by atoms with Crippen molar-refractivity contribution in [2.75, 3.05) is 6.54 Å². The lowest BCUT2D eigenvalue weighted by atomic mass is 10.0. The molecule has 13 heteroatoms. The van der Waals surface area contributed by atoms with E-state index in [0.29, 0.717) is 37.2 Å². The van der Waals surface area contributed by atoms with Crippen molar-refractivity contribution in [3.63, 3.8) is 0 Å². The van der Waals surface area contributed by atoms with Gasteiger partial charge in [-0.1, -0.05) is 56.3 Å². The van der Waals surface area contributed by atoms with Gasteiger partial charge in [0.15, 0.2) is 0 Å². The van der Waals surface area contributed by atoms with E-state index in [1.807, 2.05) is 44.2 Å². The van der Waals surface area contributed by atoms with Crippen molar-refractivity contribution in [2.45, 2.75) is 70.1 Å². The van der Waals surface area contributed by atoms with E-state index in [4.69, 9.17) is 5.73 Å². The molecule has 242 valence electrons. The molecule has 7 N–H and O–H groups in total. The van der Waals surface area contributed by atoms with Crippen molar-refractivity contribution in [3.8, 4) is 5.75 Å². The molecule has 0 fully saturated rings. The Labute approximate surface area is 273 Å². The zero-order chi connectivity index (χ0) is 31.6. The number of hydrogen-bond acceptors (Lipinski definition) is 8. The van der Waals surface area contributed by atoms with Gasteiger partial charge in [0.2, 0.25) is 17.7 Å². The summed E-state index contributed by atoms with van der Waals surface area (Å²) in [5.74, 6) is -1.59. The monoisotopic (exact) mass is 656 g/mol. The normalized spacial score (nSPS) is 20.3. The van der Waals surface area contributed by atoms with Crippen LogP contribution in [0.15, 0.2) is 60.0 Å². The van der Waals surface area contributed by atoms with Gasteiger partial charge in [0, 0.05) is 18.3 Å². The third-order valence-corrected chi connectivity index (χ3v) is 8.40. The maximum atomic E-state index is 13.6. The number of amides is 4. The Hall–Kier alpha value is -4.00. The van der Waals surface area contributed by atoms with Gasteiger partial charge in [-0.3, -0.25) is 19.2 Å². The van der Waals surface area contributed by atoms with E-state index in [2.05, 4.69) is 26.3 Å². The SMILES string of the molecule is CC(C)[C@H]1NC(=O)[C@@H](NC(=O)[C@@H](N)Cc2ccc(O)cc2)CCCCNC(=O)C(Cc2ccccc2)NC(=O)c2csc1n2.Cl. The van der Waals surface area contributed by atoms with Crippen LogP contribution in [0, 0.1) is 5.92 Å². The molecule has 1 unspecified atom stereocenters. The molecule has 11 nitrogen and oxygen atoms in total. The second kappa shape index (κ2) is 16.9. The van der Waals surface area contributed by atoms with Crippen molar-refractivity contribution in [2.24, 2.45) is 11.7 Å². The van der Waals surface area contributed by atoms with E-state index in [-0.39, 0.29) is 48.0 Å². The minimum atomic E-state index is -0.908. The number of phenols is 1. The molecule has 1 aliphatic heterocycles. The Morgan fingerprint density at radius 3 is 2.42 bits per heavy atom. The first-order chi connectivity index (χ1) is 21.1. The molecule has 2 bridgehead atoms. The van der Waals surface area contributed by atoms with E-state index >= 15 is 0 Å². The highest BCUT2D eigenvalue weighted by atomic mass is 35.5. The lowest BCUT2D eigenvalue weighted by molar-refractivity contribution is -0.130. The number of aromatic nitrogens is 1. The van der Waals surface area contributed by atoms with Crippen molar-refractivity contribution < 1.29 is 24.3 Å². The third kappa shape index (κ3) is 10.3. The number of hydrogen-bond donors (Lipinski definition) is 6. The highest BCUT2D eigenvalue weighted by Gasteiger charge is 2.30. The van der Waals surface area contributed by atoms with Crippen LogP contribution in [0.3, 0.4) is 0 Å². The quantitative estimate of drug-likeness (QED) is 0.227. The number of fused-ring (bicyclic) bond motifs is 2. The molecular weight excluding hydrogens is 616 g/mol. The van der Waals surface area contributed by atoms with E-state index in [1.165, 1.54) is 23.5 Å². The van der Waals surface area contributed by atoms with Crippen molar-refractivity contribution in [1.29, 1.82) is 0 Å². The molecule has 1 aliphatic rings. The fraction of sp³-hybridized carbons (Fsp3) is 0.406. The molecule has 0 spiro atoms. The van der Waals surface area contributed by atoms with Gasteiger partial charge in [0.1, 0.15) is 28.5 Å². The molecule has 2 aromatic carbocycles. The molecule has 3 aromatic rings. The van der Waals surface area contributed by atoms with E-state index in [0.717, 1.165) is 11.1 Å². The zero-order valence-electron chi connectivity index (χ0n) is 25.3. The lowest BCUT2D eigenvalue weighted by Gasteiger charge is -2.26. The lowest BCUT2D eigenvalue weighted by Crippen LogP contribution is -2.53. The van der Waals surface area contributed by atoms with Crippen molar-refractivity contribution in [3.05, 3.63) is 81.8 Å². The number of nitrogens with two attached hydrogens (primary N) is 1. The van der Waals surface area contributed by atoms with Crippen molar-refractivity contribution >= 4 is 47.4 Å². The number of aromatic hydroxyl groups is 1. The predicted molar refractivity (Wildman–Crippen MR) is 175 cm³/mol. The van der Waals surface area contributed by atoms with Crippen molar-refractivity contribution in [1.82, 2.24) is 26.3 Å². The molecular formula is C32H41ClN6O5S. The molecule has 0 aliphatic carbocycles. The minimum absolute atomic E-state index is 0. The van der Waals surface area contributed by atoms with Crippen LogP contribution in [-0.2, 0) is 27.2 Å². The van der Waals surface area contributed by atoms with E-state index in [1.54, 1.807) is 17.5 Å². The summed E-state index contributed by atoms with van der Waals surface area (Å²) in [6, 6.07) is 12.8. The molecule has 45 heavy (non-hydrogen) atoms. The van der Waals surface area contributed by atoms with Crippen LogP contribution in [-0.4, -0.2) is 58.4 Å². The first kappa shape index (κ1) is 35.5. The minimum Gasteiger partial charge on any atom is -0.508 e. The Kier molecular flexibility index (Phi) is 13.3. The number of rotatable bonds is 7. The summed E-state index contributed by atoms with van der Waals surface area (Å²) < 4.78 is 0. The molecule has 2 heterocycles. The van der Waals surface area contributed by atoms with Gasteiger partial charge in [-0.05, 0) is 54.9 Å². The van der Waals surface area contributed by atoms with Crippen LogP contribution in [0.25, 0.3) is 0 Å². The second-order valence-corrected chi connectivity index (χ2v) is 12.2. The van der Waals surface area contributed by atoms with Gasteiger partial charge in [-0.25, -0.2) is 4.98 Å². The fourth-order valence-corrected chi connectivity index (χ4v) is 5.95. The molecule has 4 amide bonds. The summed E-state index contributed by atoms with van der Waals surface area (Å²) in [6.07, 6.45) is 1.97. The predicted octanol–water partition coefficient (Wildman–Crippen LogP) is 2.78. The Morgan fingerprint density at radius 1 is 1.02 bits per heavy atom. The summed E-state index contributed by atoms with van der Waals surface area (Å²) >= 11 is 1.25. The Bertz CT molecular complexity index is 1440. The Morgan fingerprint density at radius 2 is 1.73 bits per heavy atom. The standard InChI is InChI=1S/C32H40N6O5S.ClH/c1-19(2)27-32-37-26(18-44-32)31(43)36-25(17-20-8-4-3-5-9-20)29(41)34-15-7-6-10-24(30(42)38-27)35-28(40)23(33)16-21-11-13-22(39)14-12-21;/h3-5,8-9,11-14,18-19,23-25,27,39H,6-7,10,15-17,33H2,1-2H3,(H,34,41)(H,35,40)(H,36,43)(H,38,42);1H/t23-,24-,25?,27+;/m0./s1. The van der Waals surface area contributed by atoms with E-state index in [9.17, 15) is 24.3 Å². The van der Waals surface area contributed by atoms with Gasteiger partial charge in [0.25, 0.3) is 5.91 Å². The molecule has 0 saturated carbocycles. The first-order valence-electron chi connectivity index (χ1n) is 14.8. The Balaban J connectivity index is 0.00000552. The molecule has 4 rings (SSSR count). The van der Waals surface area contributed by atoms with Crippen LogP contribution in [0.4, 0.5) is 0 Å². The van der Waals surface area contributed by atoms with Gasteiger partial charge in [-0.15, -0.1) is 23.7 Å². The van der Waals surface area contributed by atoms with Gasteiger partial charge >= 0.3 is 0 Å². The zero-order valence-corrected chi connectivity index (χ0v) is 27.0. The third-order valence-electron chi connectivity index (χ3n) is 7.47. The van der Waals surface area contributed by atoms with Gasteiger partial charge < -0.3 is 32.1 Å². The molecule has 4 atom stereocenters. The number of thiazole rings is 1. The number of benzene rings is 2. The summed E-state index contributed by atoms with van der Waals surface area (Å²) in [5, 5.41) is 23.3. The average Bonchev–Trinajstić information content (AvgIpc) is 3.49. The number of phenolic OH excluding ortho intramolecular Hbond substituents is 1. The molecule has 0 radical (unpaired) electrons. The maximum absolute atomic E-state index is 13.6. The van der Waals surface area contributed by atoms with Crippen LogP contribution < -0.4 is 27.0 Å². The average molecular weight is 657 g/mol. The summed E-state index contributed by atoms with van der Waals surface area (Å²) in [7, 11) is 0. The summed E-state index contributed by atoms with van der Waals surface area (Å²) in [6.45, 7) is 4.20. The maximum Gasteiger partial charge on any atom is 0.271 e. The number of carbonyl (C=O) groups excluding carboxylic acids is 4. The second-order valence-electron chi connectivity index (χ2n) is 11.3. The number of nitrogens with one attached hydrogen (secondary N) is 4. The van der Waals surface area contributed by atoms with Gasteiger partial charge in [0.05, 0.1) is 12.1 Å². The molecule has 0 saturated heterocycles. The highest BCUT2D eigenvalue weighted by molar-refractivity contribution is 7.09. The summed E-state index contributed by atoms with van der Waals surface area (Å²) in [4.78, 5) is 57.5. The molecule has 1 aromatic heterocycles. The highest BCUT2D eigenvalue weighted by Crippen LogP contribution is 2.26. The smallest absolute Gasteiger partial charge is 0.271 e. The largest absolute Gasteiger partial charge is 0.508 e. The number of carbonyl (C=O) groups is 4. The van der Waals surface area contributed by atoms with Crippen LogP contribution in [0.2, 0.25) is 0 Å². The van der Waals surface area contributed by atoms with Gasteiger partial charge in [-0.2, -0.15) is 0 Å². The van der Waals surface area contributed by atoms with Crippen LogP contribution in [0.1, 0.15) is 65.8 Å². The van der Waals surface area contributed by atoms with Crippen LogP contribution in [0.5, 0.6) is 5.75 Å². The topological polar surface area (TPSA) is 176 Å². The number of halogens is 1. The van der Waals surface area contributed by atoms with Crippen LogP contribution >= 0.6 is 23.7 Å². The van der Waals surface area contributed by atoms with E-state index < -0.39 is 36.0 Å². The summed E-state index contributed by atoms with van der Waals surface area (Å²) in [5.41, 5.74) is 8.04. The fourth-order valence-electron chi connectivity index (χ4n) is 4.93.